The lowest BCUT2D eigenvalue weighted by Crippen LogP contribution is -2.25. The number of rotatable bonds is 4. The molecule has 0 aliphatic carbocycles. The molecule has 0 saturated heterocycles. The van der Waals surface area contributed by atoms with E-state index in [2.05, 4.69) is 10.3 Å². The topological polar surface area (TPSA) is 68.0 Å². The number of hydrogen-bond donors (Lipinski definition) is 2. The number of hydrogen-bond acceptors (Lipinski definition) is 4. The maximum Gasteiger partial charge on any atom is 0.224 e. The van der Waals surface area contributed by atoms with Gasteiger partial charge in [0, 0.05) is 5.38 Å². The number of amides is 1. The zero-order valence-corrected chi connectivity index (χ0v) is 11.3. The van der Waals surface area contributed by atoms with Crippen molar-refractivity contribution >= 4 is 22.4 Å². The smallest absolute Gasteiger partial charge is 0.224 e. The van der Waals surface area contributed by atoms with Crippen LogP contribution in [0.15, 0.2) is 23.6 Å². The molecule has 0 aliphatic heterocycles. The highest BCUT2D eigenvalue weighted by molar-refractivity contribution is 7.13. The highest BCUT2D eigenvalue weighted by Gasteiger charge is 2.08. The van der Waals surface area contributed by atoms with Crippen LogP contribution in [0.25, 0.3) is 0 Å². The van der Waals surface area contributed by atoms with Crippen LogP contribution in [0.3, 0.4) is 0 Å². The Morgan fingerprint density at radius 3 is 3.00 bits per heavy atom. The number of thiazole rings is 1. The number of nitrogens with zero attached hydrogens (tertiary/aromatic N) is 1. The van der Waals surface area contributed by atoms with Crippen LogP contribution in [-0.2, 0) is 17.8 Å². The molecule has 0 radical (unpaired) electrons. The van der Waals surface area contributed by atoms with Gasteiger partial charge in [-0.3, -0.25) is 4.79 Å². The molecule has 0 bridgehead atoms. The van der Waals surface area contributed by atoms with Gasteiger partial charge in [0.15, 0.2) is 5.13 Å². The SMILES string of the molecule is Cc1ccc(F)cc1CC(=O)NCc1csc(N)n1. The third-order valence-corrected chi connectivity index (χ3v) is 3.42. The monoisotopic (exact) mass is 279 g/mol. The van der Waals surface area contributed by atoms with Gasteiger partial charge in [0.25, 0.3) is 0 Å². The molecule has 0 atom stereocenters. The van der Waals surface area contributed by atoms with Crippen LogP contribution in [-0.4, -0.2) is 10.9 Å². The van der Waals surface area contributed by atoms with Crippen molar-refractivity contribution in [2.75, 3.05) is 5.73 Å². The number of halogens is 1. The van der Waals surface area contributed by atoms with E-state index < -0.39 is 0 Å². The van der Waals surface area contributed by atoms with E-state index in [0.29, 0.717) is 17.2 Å². The summed E-state index contributed by atoms with van der Waals surface area (Å²) in [7, 11) is 0. The standard InChI is InChI=1S/C13H14FN3OS/c1-8-2-3-10(14)4-9(8)5-12(18)16-6-11-7-19-13(15)17-11/h2-4,7H,5-6H2,1H3,(H2,15,17)(H,16,18). The number of carbonyl (C=O) groups excluding carboxylic acids is 1. The summed E-state index contributed by atoms with van der Waals surface area (Å²) in [4.78, 5) is 15.8. The van der Waals surface area contributed by atoms with Crippen molar-refractivity contribution in [2.45, 2.75) is 19.9 Å². The Hall–Kier alpha value is -1.95. The highest BCUT2D eigenvalue weighted by atomic mass is 32.1. The zero-order chi connectivity index (χ0) is 13.8. The summed E-state index contributed by atoms with van der Waals surface area (Å²) in [6, 6.07) is 4.43. The molecule has 0 saturated carbocycles. The Labute approximate surface area is 114 Å². The fourth-order valence-electron chi connectivity index (χ4n) is 1.66. The second-order valence-corrected chi connectivity index (χ2v) is 5.09. The van der Waals surface area contributed by atoms with Crippen molar-refractivity contribution in [3.63, 3.8) is 0 Å². The predicted molar refractivity (Wildman–Crippen MR) is 73.2 cm³/mol. The van der Waals surface area contributed by atoms with E-state index in [4.69, 9.17) is 5.73 Å². The quantitative estimate of drug-likeness (QED) is 0.900. The fourth-order valence-corrected chi connectivity index (χ4v) is 2.22. The van der Waals surface area contributed by atoms with Crippen molar-refractivity contribution in [1.29, 1.82) is 0 Å². The summed E-state index contributed by atoms with van der Waals surface area (Å²) in [5.74, 6) is -0.499. The van der Waals surface area contributed by atoms with Crippen molar-refractivity contribution in [3.8, 4) is 0 Å². The lowest BCUT2D eigenvalue weighted by molar-refractivity contribution is -0.120. The lowest BCUT2D eigenvalue weighted by atomic mass is 10.1. The van der Waals surface area contributed by atoms with E-state index in [1.54, 1.807) is 11.4 Å². The Morgan fingerprint density at radius 1 is 1.53 bits per heavy atom. The molecule has 3 N–H and O–H groups in total. The summed E-state index contributed by atoms with van der Waals surface area (Å²) in [5, 5.41) is 5.01. The zero-order valence-electron chi connectivity index (χ0n) is 10.4. The van der Waals surface area contributed by atoms with Gasteiger partial charge in [-0.2, -0.15) is 0 Å². The number of nitrogen functional groups attached to an aromatic ring is 1. The van der Waals surface area contributed by atoms with Gasteiger partial charge in [-0.15, -0.1) is 11.3 Å². The first-order valence-electron chi connectivity index (χ1n) is 5.76. The largest absolute Gasteiger partial charge is 0.375 e. The summed E-state index contributed by atoms with van der Waals surface area (Å²) in [5.41, 5.74) is 7.81. The van der Waals surface area contributed by atoms with Gasteiger partial charge in [-0.25, -0.2) is 9.37 Å². The van der Waals surface area contributed by atoms with Gasteiger partial charge >= 0.3 is 0 Å². The molecule has 1 aromatic carbocycles. The first-order valence-corrected chi connectivity index (χ1v) is 6.64. The Morgan fingerprint density at radius 2 is 2.32 bits per heavy atom. The van der Waals surface area contributed by atoms with E-state index in [1.807, 2.05) is 6.92 Å². The summed E-state index contributed by atoms with van der Waals surface area (Å²) >= 11 is 1.33. The summed E-state index contributed by atoms with van der Waals surface area (Å²) < 4.78 is 13.1. The minimum absolute atomic E-state index is 0.156. The minimum atomic E-state index is -0.333. The first-order chi connectivity index (χ1) is 9.04. The lowest BCUT2D eigenvalue weighted by Gasteiger charge is -2.06. The summed E-state index contributed by atoms with van der Waals surface area (Å²) in [6.07, 6.45) is 0.156. The molecule has 0 spiro atoms. The van der Waals surface area contributed by atoms with Gasteiger partial charge in [0.1, 0.15) is 5.82 Å². The second-order valence-electron chi connectivity index (χ2n) is 4.20. The molecule has 1 heterocycles. The van der Waals surface area contributed by atoms with Crippen LogP contribution in [0.4, 0.5) is 9.52 Å². The van der Waals surface area contributed by atoms with Crippen LogP contribution in [0.2, 0.25) is 0 Å². The van der Waals surface area contributed by atoms with Gasteiger partial charge in [-0.1, -0.05) is 6.07 Å². The van der Waals surface area contributed by atoms with Crippen molar-refractivity contribution in [1.82, 2.24) is 10.3 Å². The molecule has 0 aliphatic rings. The maximum absolute atomic E-state index is 13.1. The molecule has 6 heteroatoms. The number of anilines is 1. The van der Waals surface area contributed by atoms with Crippen LogP contribution >= 0.6 is 11.3 Å². The third-order valence-electron chi connectivity index (χ3n) is 2.70. The van der Waals surface area contributed by atoms with E-state index in [1.165, 1.54) is 23.5 Å². The van der Waals surface area contributed by atoms with E-state index in [-0.39, 0.29) is 18.1 Å². The molecular weight excluding hydrogens is 265 g/mol. The molecule has 19 heavy (non-hydrogen) atoms. The molecule has 0 fully saturated rings. The maximum atomic E-state index is 13.1. The molecule has 100 valence electrons. The average molecular weight is 279 g/mol. The first kappa shape index (κ1) is 13.5. The highest BCUT2D eigenvalue weighted by Crippen LogP contribution is 2.12. The van der Waals surface area contributed by atoms with Crippen LogP contribution in [0, 0.1) is 12.7 Å². The van der Waals surface area contributed by atoms with Crippen molar-refractivity contribution in [2.24, 2.45) is 0 Å². The minimum Gasteiger partial charge on any atom is -0.375 e. The van der Waals surface area contributed by atoms with E-state index >= 15 is 0 Å². The molecule has 1 aromatic heterocycles. The Bertz CT molecular complexity index is 597. The average Bonchev–Trinajstić information content (AvgIpc) is 2.77. The van der Waals surface area contributed by atoms with Crippen LogP contribution < -0.4 is 11.1 Å². The third kappa shape index (κ3) is 3.75. The number of benzene rings is 1. The molecule has 1 amide bonds. The van der Waals surface area contributed by atoms with Gasteiger partial charge in [0.05, 0.1) is 18.7 Å². The van der Waals surface area contributed by atoms with Gasteiger partial charge in [-0.05, 0) is 30.2 Å². The van der Waals surface area contributed by atoms with Crippen molar-refractivity contribution < 1.29 is 9.18 Å². The molecule has 2 rings (SSSR count). The Balaban J connectivity index is 1.92. The molecule has 0 unspecified atom stereocenters. The number of nitrogens with one attached hydrogen (secondary N) is 1. The second kappa shape index (κ2) is 5.79. The van der Waals surface area contributed by atoms with E-state index in [0.717, 1.165) is 11.3 Å². The molecule has 2 aromatic rings. The van der Waals surface area contributed by atoms with Crippen LogP contribution in [0.1, 0.15) is 16.8 Å². The number of aromatic nitrogens is 1. The fraction of sp³-hybridized carbons (Fsp3) is 0.231. The van der Waals surface area contributed by atoms with Gasteiger partial charge in [0.2, 0.25) is 5.91 Å². The molecule has 4 nitrogen and oxygen atoms in total. The predicted octanol–water partition coefficient (Wildman–Crippen LogP) is 2.03. The van der Waals surface area contributed by atoms with Crippen molar-refractivity contribution in [3.05, 3.63) is 46.2 Å². The Kier molecular flexibility index (Phi) is 4.11. The summed E-state index contributed by atoms with van der Waals surface area (Å²) in [6.45, 7) is 2.18. The van der Waals surface area contributed by atoms with E-state index in [9.17, 15) is 9.18 Å². The van der Waals surface area contributed by atoms with Gasteiger partial charge < -0.3 is 11.1 Å². The number of carbonyl (C=O) groups is 1. The number of nitrogens with two attached hydrogens (primary N) is 1. The normalized spacial score (nSPS) is 10.4. The van der Waals surface area contributed by atoms with Crippen LogP contribution in [0.5, 0.6) is 0 Å². The number of aryl methyl sites for hydroxylation is 1. The molecular formula is C13H14FN3OS.